The van der Waals surface area contributed by atoms with Gasteiger partial charge in [-0.3, -0.25) is 0 Å². The summed E-state index contributed by atoms with van der Waals surface area (Å²) in [5.74, 6) is 0.200. The van der Waals surface area contributed by atoms with Gasteiger partial charge < -0.3 is 5.41 Å². The zero-order valence-electron chi connectivity index (χ0n) is 18.2. The van der Waals surface area contributed by atoms with E-state index in [2.05, 4.69) is 85.8 Å². The fourth-order valence-corrected chi connectivity index (χ4v) is 3.95. The topological polar surface area (TPSA) is 23.9 Å². The molecule has 1 N–H and O–H groups in total. The number of allylic oxidation sites excluding steroid dienone is 4. The van der Waals surface area contributed by atoms with Crippen LogP contribution < -0.4 is 0 Å². The summed E-state index contributed by atoms with van der Waals surface area (Å²) >= 11 is 0. The Hall–Kier alpha value is -3.19. The molecule has 0 fully saturated rings. The van der Waals surface area contributed by atoms with Crippen LogP contribution in [0, 0.1) is 11.3 Å². The van der Waals surface area contributed by atoms with E-state index >= 15 is 0 Å². The molecule has 0 aliphatic rings. The van der Waals surface area contributed by atoms with Crippen LogP contribution in [0.5, 0.6) is 0 Å². The highest BCUT2D eigenvalue weighted by Gasteiger charge is 2.17. The molecule has 152 valence electrons. The lowest BCUT2D eigenvalue weighted by Gasteiger charge is -2.20. The Morgan fingerprint density at radius 1 is 0.833 bits per heavy atom. The maximum atomic E-state index is 8.76. The molecule has 0 radical (unpaired) electrons. The second-order valence-electron chi connectivity index (χ2n) is 7.57. The van der Waals surface area contributed by atoms with Gasteiger partial charge in [0.25, 0.3) is 0 Å². The van der Waals surface area contributed by atoms with Crippen molar-refractivity contribution in [2.75, 3.05) is 0 Å². The van der Waals surface area contributed by atoms with Crippen molar-refractivity contribution < 1.29 is 0 Å². The van der Waals surface area contributed by atoms with Gasteiger partial charge in [-0.15, -0.1) is 0 Å². The lowest BCUT2D eigenvalue weighted by Crippen LogP contribution is -2.17. The second-order valence-corrected chi connectivity index (χ2v) is 7.57. The molecule has 0 amide bonds. The van der Waals surface area contributed by atoms with Crippen LogP contribution in [0.4, 0.5) is 0 Å². The van der Waals surface area contributed by atoms with Gasteiger partial charge >= 0.3 is 0 Å². The number of benzene rings is 3. The lowest BCUT2D eigenvalue weighted by atomic mass is 9.85. The maximum Gasteiger partial charge on any atom is 0.0416 e. The van der Waals surface area contributed by atoms with Crippen LogP contribution in [-0.2, 0) is 6.42 Å². The van der Waals surface area contributed by atoms with Crippen LogP contribution >= 0.6 is 0 Å². The molecule has 0 saturated carbocycles. The highest BCUT2D eigenvalue weighted by atomic mass is 14.5. The van der Waals surface area contributed by atoms with E-state index in [0.717, 1.165) is 24.1 Å². The largest absolute Gasteiger partial charge is 0.304 e. The Morgan fingerprint density at radius 3 is 2.20 bits per heavy atom. The van der Waals surface area contributed by atoms with E-state index in [0.29, 0.717) is 0 Å². The molecule has 0 spiro atoms. The molecular weight excluding hydrogens is 362 g/mol. The number of hydrogen-bond acceptors (Lipinski definition) is 1. The van der Waals surface area contributed by atoms with Gasteiger partial charge in [-0.05, 0) is 66.1 Å². The molecule has 0 heterocycles. The first-order valence-electron chi connectivity index (χ1n) is 10.8. The smallest absolute Gasteiger partial charge is 0.0416 e. The predicted octanol–water partition coefficient (Wildman–Crippen LogP) is 8.13. The molecule has 0 aliphatic heterocycles. The van der Waals surface area contributed by atoms with Crippen molar-refractivity contribution in [3.8, 4) is 22.3 Å². The van der Waals surface area contributed by atoms with E-state index in [4.69, 9.17) is 5.41 Å². The summed E-state index contributed by atoms with van der Waals surface area (Å²) in [4.78, 5) is 0. The van der Waals surface area contributed by atoms with Crippen molar-refractivity contribution in [3.05, 3.63) is 108 Å². The normalized spacial score (nSPS) is 12.8. The summed E-state index contributed by atoms with van der Waals surface area (Å²) in [6, 6.07) is 27.9. The van der Waals surface area contributed by atoms with Crippen molar-refractivity contribution in [2.45, 2.75) is 33.6 Å². The molecule has 1 atom stereocenters. The van der Waals surface area contributed by atoms with E-state index < -0.39 is 0 Å². The average molecular weight is 394 g/mol. The standard InChI is InChI=1S/C29H31N/c1-4-13-22(5-2)29(30)23(6-3)20-26-16-10-11-19-28(26)27-18-12-17-25(21-27)24-14-8-7-9-15-24/h4-5,7-19,21,23,30H,6,20H2,1-3H3/b13-4-,22-5+,30-29?/t23-/m0/s1. The molecule has 0 unspecified atom stereocenters. The second kappa shape index (κ2) is 10.5. The Labute approximate surface area is 181 Å². The number of hydrogen-bond donors (Lipinski definition) is 1. The van der Waals surface area contributed by atoms with Crippen LogP contribution in [0.25, 0.3) is 22.3 Å². The van der Waals surface area contributed by atoms with Crippen LogP contribution in [0.2, 0.25) is 0 Å². The van der Waals surface area contributed by atoms with Crippen molar-refractivity contribution in [3.63, 3.8) is 0 Å². The summed E-state index contributed by atoms with van der Waals surface area (Å²) in [5.41, 5.74) is 8.00. The summed E-state index contributed by atoms with van der Waals surface area (Å²) in [7, 11) is 0. The van der Waals surface area contributed by atoms with Crippen LogP contribution in [-0.4, -0.2) is 5.71 Å². The molecule has 3 aromatic rings. The van der Waals surface area contributed by atoms with E-state index in [1.54, 1.807) is 0 Å². The number of nitrogens with one attached hydrogen (secondary N) is 1. The Balaban J connectivity index is 1.94. The number of rotatable bonds is 8. The molecule has 30 heavy (non-hydrogen) atoms. The molecular formula is C29H31N. The molecule has 0 saturated heterocycles. The fourth-order valence-electron chi connectivity index (χ4n) is 3.95. The SMILES string of the molecule is C/C=C\C(=C/C)C(=N)[C@@H](CC)Cc1ccccc1-c1cccc(-c2ccccc2)c1. The van der Waals surface area contributed by atoms with Gasteiger partial charge in [0.05, 0.1) is 0 Å². The van der Waals surface area contributed by atoms with Crippen LogP contribution in [0.1, 0.15) is 32.8 Å². The summed E-state index contributed by atoms with van der Waals surface area (Å²) in [6.45, 7) is 6.20. The zero-order chi connectivity index (χ0) is 21.3. The van der Waals surface area contributed by atoms with Gasteiger partial charge in [0.15, 0.2) is 0 Å². The van der Waals surface area contributed by atoms with Gasteiger partial charge in [0.2, 0.25) is 0 Å². The first-order valence-corrected chi connectivity index (χ1v) is 10.8. The van der Waals surface area contributed by atoms with E-state index in [1.807, 2.05) is 32.1 Å². The van der Waals surface area contributed by atoms with Crippen molar-refractivity contribution in [1.82, 2.24) is 0 Å². The Morgan fingerprint density at radius 2 is 1.50 bits per heavy atom. The van der Waals surface area contributed by atoms with Gasteiger partial charge in [-0.1, -0.05) is 97.9 Å². The summed E-state index contributed by atoms with van der Waals surface area (Å²) in [5, 5.41) is 8.76. The van der Waals surface area contributed by atoms with Crippen molar-refractivity contribution in [1.29, 1.82) is 5.41 Å². The van der Waals surface area contributed by atoms with Crippen LogP contribution in [0.3, 0.4) is 0 Å². The third-order valence-corrected chi connectivity index (χ3v) is 5.63. The molecule has 1 nitrogen and oxygen atoms in total. The van der Waals surface area contributed by atoms with Gasteiger partial charge in [0.1, 0.15) is 0 Å². The molecule has 1 heteroatoms. The Kier molecular flexibility index (Phi) is 7.57. The average Bonchev–Trinajstić information content (AvgIpc) is 2.81. The molecule has 3 rings (SSSR count). The van der Waals surface area contributed by atoms with Gasteiger partial charge in [-0.2, -0.15) is 0 Å². The molecule has 0 aromatic heterocycles. The maximum absolute atomic E-state index is 8.76. The van der Waals surface area contributed by atoms with Crippen molar-refractivity contribution in [2.24, 2.45) is 5.92 Å². The Bertz CT molecular complexity index is 1040. The highest BCUT2D eigenvalue weighted by Crippen LogP contribution is 2.31. The minimum absolute atomic E-state index is 0.200. The minimum atomic E-state index is 0.200. The molecule has 0 bridgehead atoms. The lowest BCUT2D eigenvalue weighted by molar-refractivity contribution is 0.660. The zero-order valence-corrected chi connectivity index (χ0v) is 18.2. The van der Waals surface area contributed by atoms with E-state index in [1.165, 1.54) is 27.8 Å². The third-order valence-electron chi connectivity index (χ3n) is 5.63. The third kappa shape index (κ3) is 5.04. The fraction of sp³-hybridized carbons (Fsp3) is 0.207. The highest BCUT2D eigenvalue weighted by molar-refractivity contribution is 6.02. The first kappa shape index (κ1) is 21.5. The van der Waals surface area contributed by atoms with Gasteiger partial charge in [0, 0.05) is 11.6 Å². The predicted molar refractivity (Wildman–Crippen MR) is 131 cm³/mol. The first-order chi connectivity index (χ1) is 14.7. The summed E-state index contributed by atoms with van der Waals surface area (Å²) in [6.07, 6.45) is 7.92. The van der Waals surface area contributed by atoms with E-state index in [-0.39, 0.29) is 5.92 Å². The van der Waals surface area contributed by atoms with Crippen LogP contribution in [0.15, 0.2) is 103 Å². The van der Waals surface area contributed by atoms with Gasteiger partial charge in [-0.25, -0.2) is 0 Å². The van der Waals surface area contributed by atoms with Crippen molar-refractivity contribution >= 4 is 5.71 Å². The monoisotopic (exact) mass is 393 g/mol. The van der Waals surface area contributed by atoms with E-state index in [9.17, 15) is 0 Å². The molecule has 0 aliphatic carbocycles. The summed E-state index contributed by atoms with van der Waals surface area (Å²) < 4.78 is 0. The molecule has 3 aromatic carbocycles. The quantitative estimate of drug-likeness (QED) is 0.295. The minimum Gasteiger partial charge on any atom is -0.304 e.